The van der Waals surface area contributed by atoms with Crippen molar-refractivity contribution in [3.8, 4) is 23.0 Å². The summed E-state index contributed by atoms with van der Waals surface area (Å²) >= 11 is 0. The molecule has 0 bridgehead atoms. The van der Waals surface area contributed by atoms with Crippen LogP contribution >= 0.6 is 0 Å². The number of esters is 1. The van der Waals surface area contributed by atoms with Gasteiger partial charge in [-0.1, -0.05) is 30.3 Å². The summed E-state index contributed by atoms with van der Waals surface area (Å²) in [5.74, 6) is 0.619. The number of nitrogens with one attached hydrogen (secondary N) is 3. The molecule has 2 amide bonds. The summed E-state index contributed by atoms with van der Waals surface area (Å²) in [5.41, 5.74) is 5.64. The summed E-state index contributed by atoms with van der Waals surface area (Å²) in [4.78, 5) is 24.7. The molecule has 3 aromatic rings. The maximum absolute atomic E-state index is 14.1. The van der Waals surface area contributed by atoms with Crippen LogP contribution in [0.5, 0.6) is 23.0 Å². The topological polar surface area (TPSA) is 149 Å². The fourth-order valence-corrected chi connectivity index (χ4v) is 4.97. The van der Waals surface area contributed by atoms with Crippen molar-refractivity contribution in [3.05, 3.63) is 107 Å². The number of halogens is 1. The molecule has 0 aliphatic carbocycles. The molecule has 0 unspecified atom stereocenters. The number of hydrazone groups is 1. The van der Waals surface area contributed by atoms with Gasteiger partial charge in [-0.25, -0.2) is 14.0 Å². The minimum Gasteiger partial charge on any atom is -0.493 e. The van der Waals surface area contributed by atoms with E-state index in [9.17, 15) is 19.1 Å². The van der Waals surface area contributed by atoms with Crippen molar-refractivity contribution in [1.29, 1.82) is 0 Å². The number of hydrogen-bond acceptors (Lipinski definition) is 10. The van der Waals surface area contributed by atoms with Gasteiger partial charge in [0.05, 0.1) is 38.7 Å². The predicted molar refractivity (Wildman–Crippen MR) is 177 cm³/mol. The summed E-state index contributed by atoms with van der Waals surface area (Å²) in [6.45, 7) is 7.37. The molecule has 48 heavy (non-hydrogen) atoms. The summed E-state index contributed by atoms with van der Waals surface area (Å²) < 4.78 is 42.2. The van der Waals surface area contributed by atoms with Gasteiger partial charge in [0.25, 0.3) is 0 Å². The van der Waals surface area contributed by atoms with Crippen LogP contribution in [0.4, 0.5) is 9.18 Å². The van der Waals surface area contributed by atoms with Gasteiger partial charge in [0, 0.05) is 16.8 Å². The Kier molecular flexibility index (Phi) is 12.4. The maximum Gasteiger partial charge on any atom is 0.337 e. The Morgan fingerprint density at radius 2 is 1.88 bits per heavy atom. The first-order valence-electron chi connectivity index (χ1n) is 15.1. The third-order valence-electron chi connectivity index (χ3n) is 7.18. The molecule has 254 valence electrons. The van der Waals surface area contributed by atoms with Crippen LogP contribution in [-0.2, 0) is 22.6 Å². The SMILES string of the molecule is C=CCc1cc(/C=N\N[C@H](O)COc2ccc([C@H]3NC(=O)NC(C)=C3C(=O)OC)cc2OCC)cc(OC)c1OCc1ccccc1F. The Labute approximate surface area is 278 Å². The molecule has 0 fully saturated rings. The predicted octanol–water partition coefficient (Wildman–Crippen LogP) is 4.66. The highest BCUT2D eigenvalue weighted by Crippen LogP contribution is 2.36. The van der Waals surface area contributed by atoms with Crippen molar-refractivity contribution < 1.29 is 42.8 Å². The fourth-order valence-electron chi connectivity index (χ4n) is 4.97. The van der Waals surface area contributed by atoms with Gasteiger partial charge in [-0.15, -0.1) is 6.58 Å². The van der Waals surface area contributed by atoms with E-state index in [2.05, 4.69) is 27.7 Å². The second-order valence-corrected chi connectivity index (χ2v) is 10.5. The van der Waals surface area contributed by atoms with Crippen LogP contribution in [-0.4, -0.2) is 57.0 Å². The van der Waals surface area contributed by atoms with Gasteiger partial charge in [0.15, 0.2) is 29.2 Å². The third kappa shape index (κ3) is 8.82. The first-order valence-corrected chi connectivity index (χ1v) is 15.1. The van der Waals surface area contributed by atoms with Crippen LogP contribution in [0.25, 0.3) is 0 Å². The Morgan fingerprint density at radius 3 is 2.58 bits per heavy atom. The zero-order valence-electron chi connectivity index (χ0n) is 27.2. The lowest BCUT2D eigenvalue weighted by Crippen LogP contribution is -2.45. The number of urea groups is 1. The molecule has 1 aliphatic rings. The number of aliphatic hydroxyl groups is 1. The van der Waals surface area contributed by atoms with Gasteiger partial charge in [-0.05, 0) is 61.7 Å². The molecule has 2 atom stereocenters. The average molecular weight is 663 g/mol. The first-order chi connectivity index (χ1) is 23.2. The molecule has 1 aliphatic heterocycles. The molecule has 3 aromatic carbocycles. The zero-order valence-corrected chi connectivity index (χ0v) is 27.2. The minimum atomic E-state index is -1.20. The van der Waals surface area contributed by atoms with E-state index >= 15 is 0 Å². The molecule has 13 heteroatoms. The fraction of sp³-hybridized carbons (Fsp3) is 0.286. The van der Waals surface area contributed by atoms with Crippen molar-refractivity contribution in [2.75, 3.05) is 27.4 Å². The number of aliphatic hydroxyl groups excluding tert-OH is 1. The minimum absolute atomic E-state index is 0.0158. The van der Waals surface area contributed by atoms with Crippen molar-refractivity contribution >= 4 is 18.2 Å². The normalized spacial score (nSPS) is 14.9. The number of allylic oxidation sites excluding steroid dienone is 2. The van der Waals surface area contributed by atoms with Gasteiger partial charge in [0.1, 0.15) is 19.0 Å². The van der Waals surface area contributed by atoms with Gasteiger partial charge >= 0.3 is 12.0 Å². The summed E-state index contributed by atoms with van der Waals surface area (Å²) in [5, 5.41) is 20.0. The van der Waals surface area contributed by atoms with Crippen molar-refractivity contribution in [2.45, 2.75) is 39.1 Å². The molecule has 1 heterocycles. The van der Waals surface area contributed by atoms with Gasteiger partial charge in [-0.3, -0.25) is 5.43 Å². The summed E-state index contributed by atoms with van der Waals surface area (Å²) in [7, 11) is 2.77. The molecular formula is C35H39FN4O8. The highest BCUT2D eigenvalue weighted by molar-refractivity contribution is 5.95. The lowest BCUT2D eigenvalue weighted by atomic mass is 9.95. The summed E-state index contributed by atoms with van der Waals surface area (Å²) in [6, 6.07) is 13.6. The Hall–Kier alpha value is -5.56. The van der Waals surface area contributed by atoms with E-state index in [1.165, 1.54) is 26.5 Å². The van der Waals surface area contributed by atoms with Gasteiger partial charge < -0.3 is 39.4 Å². The van der Waals surface area contributed by atoms with Gasteiger partial charge in [0.2, 0.25) is 0 Å². The molecule has 4 rings (SSSR count). The highest BCUT2D eigenvalue weighted by atomic mass is 19.1. The van der Waals surface area contributed by atoms with Crippen molar-refractivity contribution in [2.24, 2.45) is 5.10 Å². The lowest BCUT2D eigenvalue weighted by Gasteiger charge is -2.28. The number of hydrogen-bond donors (Lipinski definition) is 4. The largest absolute Gasteiger partial charge is 0.493 e. The molecular weight excluding hydrogens is 623 g/mol. The number of carbonyl (C=O) groups is 2. The van der Waals surface area contributed by atoms with Gasteiger partial charge in [-0.2, -0.15) is 5.10 Å². The summed E-state index contributed by atoms with van der Waals surface area (Å²) in [6.07, 6.45) is 2.47. The number of methoxy groups -OCH3 is 2. The number of amides is 2. The van der Waals surface area contributed by atoms with E-state index in [-0.39, 0.29) is 24.6 Å². The Bertz CT molecular complexity index is 1690. The maximum atomic E-state index is 14.1. The lowest BCUT2D eigenvalue weighted by molar-refractivity contribution is -0.136. The third-order valence-corrected chi connectivity index (χ3v) is 7.18. The van der Waals surface area contributed by atoms with E-state index in [0.717, 1.165) is 5.56 Å². The van der Waals surface area contributed by atoms with Crippen LogP contribution in [0.3, 0.4) is 0 Å². The van der Waals surface area contributed by atoms with E-state index in [1.54, 1.807) is 62.4 Å². The van der Waals surface area contributed by atoms with E-state index < -0.39 is 24.3 Å². The Morgan fingerprint density at radius 1 is 1.08 bits per heavy atom. The van der Waals surface area contributed by atoms with E-state index in [0.29, 0.717) is 58.4 Å². The van der Waals surface area contributed by atoms with Crippen LogP contribution in [0.2, 0.25) is 0 Å². The molecule has 0 spiro atoms. The van der Waals surface area contributed by atoms with Crippen LogP contribution in [0.15, 0.2) is 83.6 Å². The van der Waals surface area contributed by atoms with E-state index in [1.807, 2.05) is 6.07 Å². The van der Waals surface area contributed by atoms with E-state index in [4.69, 9.17) is 23.7 Å². The Balaban J connectivity index is 1.43. The second-order valence-electron chi connectivity index (χ2n) is 10.5. The quantitative estimate of drug-likeness (QED) is 0.0565. The highest BCUT2D eigenvalue weighted by Gasteiger charge is 2.32. The number of rotatable bonds is 16. The standard InChI is InChI=1S/C35H39FN4O8/c1-6-10-24-15-22(16-29(44-4)33(24)48-19-25-11-8-9-12-26(25)36)18-37-40-30(41)20-47-27-14-13-23(17-28(27)46-7-2)32-31(34(42)45-5)21(3)38-35(43)39-32/h6,8-9,11-18,30,32,40-41H,1,7,10,19-20H2,2-5H3,(H2,38,39,43)/b37-18-/t30-,32-/m1/s1. The molecule has 0 saturated heterocycles. The molecule has 12 nitrogen and oxygen atoms in total. The molecule has 0 radical (unpaired) electrons. The smallest absolute Gasteiger partial charge is 0.337 e. The van der Waals surface area contributed by atoms with Crippen LogP contribution < -0.4 is 35.0 Å². The number of nitrogens with zero attached hydrogens (tertiary/aromatic N) is 1. The number of ether oxygens (including phenoxy) is 5. The number of carbonyl (C=O) groups excluding carboxylic acids is 2. The molecule has 0 saturated carbocycles. The zero-order chi connectivity index (χ0) is 34.6. The molecule has 4 N–H and O–H groups in total. The van der Waals surface area contributed by atoms with Crippen molar-refractivity contribution in [1.82, 2.24) is 16.1 Å². The monoisotopic (exact) mass is 662 g/mol. The average Bonchev–Trinajstić information content (AvgIpc) is 3.07. The second kappa shape index (κ2) is 16.8. The molecule has 0 aromatic heterocycles. The number of benzene rings is 3. The first kappa shape index (κ1) is 35.3. The van der Waals surface area contributed by atoms with Crippen molar-refractivity contribution in [3.63, 3.8) is 0 Å². The van der Waals surface area contributed by atoms with Crippen LogP contribution in [0.1, 0.15) is 42.1 Å². The van der Waals surface area contributed by atoms with Crippen LogP contribution in [0, 0.1) is 5.82 Å².